The minimum absolute atomic E-state index is 0.0131. The van der Waals surface area contributed by atoms with Crippen LogP contribution < -0.4 is 10.6 Å². The van der Waals surface area contributed by atoms with Gasteiger partial charge >= 0.3 is 6.18 Å². The van der Waals surface area contributed by atoms with Gasteiger partial charge in [0, 0.05) is 34.9 Å². The van der Waals surface area contributed by atoms with Crippen molar-refractivity contribution in [3.8, 4) is 0 Å². The van der Waals surface area contributed by atoms with Gasteiger partial charge in [-0.15, -0.1) is 0 Å². The SMILES string of the molecule is CCc1ccc([C@H]2C(C(=O)Nc3cc(C(F)(F)F)ccc3Cl)=C(C)NC3=C2C(=O)CCC3)cc1. The summed E-state index contributed by atoms with van der Waals surface area (Å²) in [6.45, 7) is 3.77. The van der Waals surface area contributed by atoms with Gasteiger partial charge in [0.15, 0.2) is 5.78 Å². The van der Waals surface area contributed by atoms with Gasteiger partial charge in [-0.2, -0.15) is 13.2 Å². The molecule has 0 aromatic heterocycles. The highest BCUT2D eigenvalue weighted by Crippen LogP contribution is 2.43. The first kappa shape index (κ1) is 24.1. The number of halogens is 4. The van der Waals surface area contributed by atoms with Crippen LogP contribution in [-0.2, 0) is 22.2 Å². The molecule has 8 heteroatoms. The predicted molar refractivity (Wildman–Crippen MR) is 125 cm³/mol. The molecule has 1 aliphatic carbocycles. The smallest absolute Gasteiger partial charge is 0.362 e. The van der Waals surface area contributed by atoms with Crippen molar-refractivity contribution >= 4 is 29.0 Å². The van der Waals surface area contributed by atoms with Crippen molar-refractivity contribution in [3.63, 3.8) is 0 Å². The summed E-state index contributed by atoms with van der Waals surface area (Å²) in [7, 11) is 0. The predicted octanol–water partition coefficient (Wildman–Crippen LogP) is 6.53. The monoisotopic (exact) mass is 488 g/mol. The van der Waals surface area contributed by atoms with E-state index in [9.17, 15) is 22.8 Å². The van der Waals surface area contributed by atoms with E-state index in [1.807, 2.05) is 31.2 Å². The third-order valence-electron chi connectivity index (χ3n) is 6.28. The molecule has 4 nitrogen and oxygen atoms in total. The zero-order valence-electron chi connectivity index (χ0n) is 18.8. The van der Waals surface area contributed by atoms with Crippen molar-refractivity contribution in [3.05, 3.63) is 86.7 Å². The number of anilines is 1. The first-order valence-electron chi connectivity index (χ1n) is 11.1. The molecule has 4 rings (SSSR count). The molecule has 1 aliphatic heterocycles. The van der Waals surface area contributed by atoms with Crippen molar-refractivity contribution in [2.45, 2.75) is 51.6 Å². The van der Waals surface area contributed by atoms with E-state index in [1.54, 1.807) is 6.92 Å². The highest BCUT2D eigenvalue weighted by Gasteiger charge is 2.39. The Morgan fingerprint density at radius 3 is 2.50 bits per heavy atom. The topological polar surface area (TPSA) is 58.2 Å². The number of Topliss-reactive ketones (excluding diaryl/α,β-unsaturated/α-hetero) is 1. The van der Waals surface area contributed by atoms with E-state index in [-0.39, 0.29) is 22.1 Å². The van der Waals surface area contributed by atoms with Gasteiger partial charge in [-0.25, -0.2) is 0 Å². The van der Waals surface area contributed by atoms with Gasteiger partial charge in [0.1, 0.15) is 0 Å². The molecule has 0 unspecified atom stereocenters. The Morgan fingerprint density at radius 2 is 1.85 bits per heavy atom. The Balaban J connectivity index is 1.77. The van der Waals surface area contributed by atoms with Crippen LogP contribution in [0.5, 0.6) is 0 Å². The first-order chi connectivity index (χ1) is 16.1. The van der Waals surface area contributed by atoms with Crippen LogP contribution in [0.3, 0.4) is 0 Å². The molecule has 0 spiro atoms. The van der Waals surface area contributed by atoms with Crippen molar-refractivity contribution in [2.24, 2.45) is 0 Å². The first-order valence-corrected chi connectivity index (χ1v) is 11.5. The Hall–Kier alpha value is -3.06. The molecule has 0 bridgehead atoms. The number of dihydropyridines is 1. The van der Waals surface area contributed by atoms with E-state index in [4.69, 9.17) is 11.6 Å². The fourth-order valence-electron chi connectivity index (χ4n) is 4.55. The quantitative estimate of drug-likeness (QED) is 0.514. The van der Waals surface area contributed by atoms with Gasteiger partial charge in [0.25, 0.3) is 5.91 Å². The van der Waals surface area contributed by atoms with E-state index >= 15 is 0 Å². The number of allylic oxidation sites excluding steroid dienone is 3. The van der Waals surface area contributed by atoms with Crippen LogP contribution >= 0.6 is 11.6 Å². The molecule has 1 atom stereocenters. The van der Waals surface area contributed by atoms with Crippen molar-refractivity contribution in [1.29, 1.82) is 0 Å². The van der Waals surface area contributed by atoms with Crippen molar-refractivity contribution in [1.82, 2.24) is 5.32 Å². The van der Waals surface area contributed by atoms with Gasteiger partial charge in [-0.1, -0.05) is 42.8 Å². The maximum absolute atomic E-state index is 13.5. The number of ketones is 1. The highest BCUT2D eigenvalue weighted by molar-refractivity contribution is 6.34. The number of rotatable bonds is 4. The summed E-state index contributed by atoms with van der Waals surface area (Å²) in [4.78, 5) is 26.5. The number of amides is 1. The maximum Gasteiger partial charge on any atom is 0.416 e. The molecular weight excluding hydrogens is 465 g/mol. The summed E-state index contributed by atoms with van der Waals surface area (Å²) >= 11 is 6.11. The third-order valence-corrected chi connectivity index (χ3v) is 6.61. The number of aryl methyl sites for hydroxylation is 1. The van der Waals surface area contributed by atoms with Crippen molar-refractivity contribution in [2.75, 3.05) is 5.32 Å². The minimum Gasteiger partial charge on any atom is -0.362 e. The fourth-order valence-corrected chi connectivity index (χ4v) is 4.72. The number of nitrogens with one attached hydrogen (secondary N) is 2. The second-order valence-corrected chi connectivity index (χ2v) is 8.91. The molecule has 0 saturated heterocycles. The molecule has 2 aromatic rings. The molecule has 1 heterocycles. The van der Waals surface area contributed by atoms with E-state index in [2.05, 4.69) is 10.6 Å². The third kappa shape index (κ3) is 4.62. The fraction of sp³-hybridized carbons (Fsp3) is 0.308. The molecule has 0 saturated carbocycles. The summed E-state index contributed by atoms with van der Waals surface area (Å²) in [5, 5.41) is 5.74. The van der Waals surface area contributed by atoms with Gasteiger partial charge in [-0.3, -0.25) is 9.59 Å². The molecule has 0 fully saturated rings. The van der Waals surface area contributed by atoms with Crippen LogP contribution in [0.15, 0.2) is 65.0 Å². The van der Waals surface area contributed by atoms with Gasteiger partial charge < -0.3 is 10.6 Å². The number of benzene rings is 2. The minimum atomic E-state index is -4.58. The molecule has 34 heavy (non-hydrogen) atoms. The van der Waals surface area contributed by atoms with E-state index in [0.717, 1.165) is 47.9 Å². The molecule has 2 aromatic carbocycles. The average Bonchev–Trinajstić information content (AvgIpc) is 2.79. The summed E-state index contributed by atoms with van der Waals surface area (Å²) < 4.78 is 39.6. The lowest BCUT2D eigenvalue weighted by Crippen LogP contribution is -2.35. The summed E-state index contributed by atoms with van der Waals surface area (Å²) in [6.07, 6.45) is -1.94. The van der Waals surface area contributed by atoms with Crippen LogP contribution in [0.2, 0.25) is 5.02 Å². The van der Waals surface area contributed by atoms with Gasteiger partial charge in [0.2, 0.25) is 0 Å². The lowest BCUT2D eigenvalue weighted by Gasteiger charge is -2.34. The Bertz CT molecular complexity index is 1210. The Morgan fingerprint density at radius 1 is 1.15 bits per heavy atom. The Kier molecular flexibility index (Phi) is 6.58. The summed E-state index contributed by atoms with van der Waals surface area (Å²) in [5.41, 5.74) is 3.01. The van der Waals surface area contributed by atoms with E-state index < -0.39 is 23.6 Å². The largest absolute Gasteiger partial charge is 0.416 e. The van der Waals surface area contributed by atoms with Crippen LogP contribution in [-0.4, -0.2) is 11.7 Å². The van der Waals surface area contributed by atoms with Crippen molar-refractivity contribution < 1.29 is 22.8 Å². The number of alkyl halides is 3. The van der Waals surface area contributed by atoms with Crippen LogP contribution in [0, 0.1) is 0 Å². The number of carbonyl (C=O) groups is 2. The zero-order chi connectivity index (χ0) is 24.6. The lowest BCUT2D eigenvalue weighted by molar-refractivity contribution is -0.137. The Labute approximate surface area is 200 Å². The van der Waals surface area contributed by atoms with Gasteiger partial charge in [-0.05, 0) is 55.5 Å². The van der Waals surface area contributed by atoms with Crippen LogP contribution in [0.4, 0.5) is 18.9 Å². The number of hydrogen-bond acceptors (Lipinski definition) is 3. The maximum atomic E-state index is 13.5. The molecular formula is C26H24ClF3N2O2. The standard InChI is InChI=1S/C26H24ClF3N2O2/c1-3-15-7-9-16(10-8-15)23-22(14(2)31-19-5-4-6-21(33)24(19)23)25(34)32-20-13-17(26(28,29)30)11-12-18(20)27/h7-13,23,31H,3-6H2,1-2H3,(H,32,34)/t23-/m0/s1. The van der Waals surface area contributed by atoms with Crippen LogP contribution in [0.1, 0.15) is 55.7 Å². The molecule has 2 N–H and O–H groups in total. The average molecular weight is 489 g/mol. The number of hydrogen-bond donors (Lipinski definition) is 2. The molecule has 1 amide bonds. The van der Waals surface area contributed by atoms with E-state index in [1.165, 1.54) is 0 Å². The van der Waals surface area contributed by atoms with Crippen LogP contribution in [0.25, 0.3) is 0 Å². The number of carbonyl (C=O) groups excluding carboxylic acids is 2. The second kappa shape index (κ2) is 9.29. The zero-order valence-corrected chi connectivity index (χ0v) is 19.5. The van der Waals surface area contributed by atoms with Gasteiger partial charge in [0.05, 0.1) is 16.3 Å². The highest BCUT2D eigenvalue weighted by atomic mass is 35.5. The molecule has 0 radical (unpaired) electrons. The summed E-state index contributed by atoms with van der Waals surface area (Å²) in [5.74, 6) is -1.27. The lowest BCUT2D eigenvalue weighted by atomic mass is 9.75. The molecule has 178 valence electrons. The normalized spacial score (nSPS) is 18.5. The molecule has 2 aliphatic rings. The second-order valence-electron chi connectivity index (χ2n) is 8.51. The van der Waals surface area contributed by atoms with E-state index in [0.29, 0.717) is 24.1 Å². The summed E-state index contributed by atoms with van der Waals surface area (Å²) in [6, 6.07) is 10.5.